The molecule has 14 heteroatoms. The van der Waals surface area contributed by atoms with Crippen molar-refractivity contribution in [2.45, 2.75) is 20.8 Å². The Morgan fingerprint density at radius 2 is 0.746 bits per heavy atom. The van der Waals surface area contributed by atoms with E-state index in [2.05, 4.69) is 29.9 Å². The number of benzene rings is 3. The van der Waals surface area contributed by atoms with Crippen LogP contribution in [0, 0.1) is 20.8 Å². The van der Waals surface area contributed by atoms with Gasteiger partial charge in [-0.1, -0.05) is 36.4 Å². The summed E-state index contributed by atoms with van der Waals surface area (Å²) in [5, 5.41) is 1.45. The maximum atomic E-state index is 15.0. The van der Waals surface area contributed by atoms with Gasteiger partial charge < -0.3 is 28.5 Å². The molecule has 0 aliphatic heterocycles. The first-order chi connectivity index (χ1) is 28.5. The van der Waals surface area contributed by atoms with E-state index in [1.54, 1.807) is 110 Å². The second-order valence-electron chi connectivity index (χ2n) is 14.0. The fourth-order valence-electron chi connectivity index (χ4n) is 7.06. The van der Waals surface area contributed by atoms with Crippen LogP contribution in [0.5, 0.6) is 17.2 Å². The van der Waals surface area contributed by atoms with Gasteiger partial charge in [0.1, 0.15) is 34.2 Å². The number of rotatable bonds is 9. The van der Waals surface area contributed by atoms with Crippen LogP contribution in [0.1, 0.15) is 16.7 Å². The molecule has 0 unspecified atom stereocenters. The SMILES string of the molecule is Cc1ccnc2[nH]c(-c3cccc(OP(=O)(Oc4cccc(-c5cc(=O)c6c(C)ccnc6[nH]5)c4)Oc4cccc(-c5cc(=O)c6c(C)ccnc6[nH]5)c4)c3)cc(=O)c12. The maximum Gasteiger partial charge on any atom is 0.647 e. The largest absolute Gasteiger partial charge is 0.647 e. The molecule has 6 heterocycles. The summed E-state index contributed by atoms with van der Waals surface area (Å²) in [6.07, 6.45) is 4.87. The Kier molecular flexibility index (Phi) is 9.22. The topological polar surface area (TPSA) is 182 Å². The van der Waals surface area contributed by atoms with Gasteiger partial charge in [0.25, 0.3) is 0 Å². The van der Waals surface area contributed by atoms with Crippen LogP contribution in [0.4, 0.5) is 0 Å². The minimum absolute atomic E-state index is 0.108. The molecule has 0 amide bonds. The highest BCUT2D eigenvalue weighted by atomic mass is 31.2. The third-order valence-corrected chi connectivity index (χ3v) is 11.2. The van der Waals surface area contributed by atoms with E-state index in [1.807, 2.05) is 20.8 Å². The standard InChI is InChI=1S/C45H33N6O7P/c1-25-13-16-46-43-40(25)37(52)22-34(49-43)28-7-4-10-31(19-28)56-59(55,57-32-11-5-8-29(20-32)35-23-38(53)41-26(2)14-17-47-44(41)50-35)58-33-12-6-9-30(21-33)36-24-39(54)42-27(3)15-18-48-45(42)51-36/h4-24H,1-3H3,(H,46,49,52)(H,47,50,53)(H,48,51,54). The van der Waals surface area contributed by atoms with Crippen LogP contribution in [-0.4, -0.2) is 29.9 Å². The molecule has 13 nitrogen and oxygen atoms in total. The number of fused-ring (bicyclic) bond motifs is 3. The van der Waals surface area contributed by atoms with Crippen LogP contribution in [-0.2, 0) is 4.57 Å². The van der Waals surface area contributed by atoms with Gasteiger partial charge in [0.05, 0.1) is 33.2 Å². The normalized spacial score (nSPS) is 11.6. The van der Waals surface area contributed by atoms with E-state index in [4.69, 9.17) is 13.6 Å². The molecule has 6 aromatic heterocycles. The van der Waals surface area contributed by atoms with Crippen molar-refractivity contribution in [2.24, 2.45) is 0 Å². The van der Waals surface area contributed by atoms with E-state index in [-0.39, 0.29) is 33.5 Å². The summed E-state index contributed by atoms with van der Waals surface area (Å²) in [7, 11) is -4.64. The molecular weight excluding hydrogens is 768 g/mol. The lowest BCUT2D eigenvalue weighted by Gasteiger charge is -2.20. The van der Waals surface area contributed by atoms with E-state index in [0.717, 1.165) is 16.7 Å². The third-order valence-electron chi connectivity index (χ3n) is 9.89. The van der Waals surface area contributed by atoms with Gasteiger partial charge in [-0.3, -0.25) is 14.4 Å². The lowest BCUT2D eigenvalue weighted by atomic mass is 10.1. The number of nitrogens with one attached hydrogen (secondary N) is 3. The van der Waals surface area contributed by atoms with Crippen LogP contribution >= 0.6 is 7.82 Å². The molecular formula is C45H33N6O7P. The second-order valence-corrected chi connectivity index (χ2v) is 15.4. The van der Waals surface area contributed by atoms with Gasteiger partial charge in [-0.2, -0.15) is 4.57 Å². The van der Waals surface area contributed by atoms with Crippen LogP contribution in [0.25, 0.3) is 66.9 Å². The zero-order valence-corrected chi connectivity index (χ0v) is 32.7. The number of hydrogen-bond donors (Lipinski definition) is 3. The minimum Gasteiger partial charge on any atom is -0.386 e. The van der Waals surface area contributed by atoms with Crippen molar-refractivity contribution in [2.75, 3.05) is 0 Å². The summed E-state index contributed by atoms with van der Waals surface area (Å²) in [5.41, 5.74) is 6.07. The molecule has 9 rings (SSSR count). The maximum absolute atomic E-state index is 15.0. The highest BCUT2D eigenvalue weighted by molar-refractivity contribution is 7.49. The second kappa shape index (κ2) is 14.7. The van der Waals surface area contributed by atoms with Gasteiger partial charge in [0.2, 0.25) is 0 Å². The number of phosphoric acid groups is 1. The molecule has 0 aliphatic carbocycles. The zero-order valence-electron chi connectivity index (χ0n) is 31.8. The smallest absolute Gasteiger partial charge is 0.386 e. The van der Waals surface area contributed by atoms with Crippen molar-refractivity contribution >= 4 is 40.9 Å². The molecule has 0 spiro atoms. The first-order valence-electron chi connectivity index (χ1n) is 18.5. The van der Waals surface area contributed by atoms with Gasteiger partial charge in [-0.05, 0) is 92.1 Å². The first-order valence-corrected chi connectivity index (χ1v) is 19.9. The number of nitrogens with zero attached hydrogens (tertiary/aromatic N) is 3. The summed E-state index contributed by atoms with van der Waals surface area (Å²) in [5.74, 6) is 0.325. The van der Waals surface area contributed by atoms with Gasteiger partial charge in [0.15, 0.2) is 16.3 Å². The fourth-order valence-corrected chi connectivity index (χ4v) is 8.29. The summed E-state index contributed by atoms with van der Waals surface area (Å²) < 4.78 is 33.4. The molecule has 0 aliphatic rings. The Hall–Kier alpha value is -7.63. The number of aromatic nitrogens is 6. The van der Waals surface area contributed by atoms with Crippen molar-refractivity contribution in [3.8, 4) is 51.0 Å². The predicted octanol–water partition coefficient (Wildman–Crippen LogP) is 8.97. The average molecular weight is 801 g/mol. The molecule has 3 N–H and O–H groups in total. The van der Waals surface area contributed by atoms with Crippen molar-refractivity contribution in [1.82, 2.24) is 29.9 Å². The Labute approximate surface area is 335 Å². The van der Waals surface area contributed by atoms with Gasteiger partial charge in [0, 0.05) is 53.5 Å². The fraction of sp³-hybridized carbons (Fsp3) is 0.0667. The summed E-state index contributed by atoms with van der Waals surface area (Å²) in [6.45, 7) is 5.53. The molecule has 59 heavy (non-hydrogen) atoms. The van der Waals surface area contributed by atoms with Crippen molar-refractivity contribution in [1.29, 1.82) is 0 Å². The van der Waals surface area contributed by atoms with Gasteiger partial charge >= 0.3 is 7.82 Å². The molecule has 0 bridgehead atoms. The Morgan fingerprint density at radius 3 is 1.05 bits per heavy atom. The summed E-state index contributed by atoms with van der Waals surface area (Å²) >= 11 is 0. The van der Waals surface area contributed by atoms with E-state index in [9.17, 15) is 18.9 Å². The van der Waals surface area contributed by atoms with E-state index in [1.165, 1.54) is 18.2 Å². The molecule has 0 saturated heterocycles. The molecule has 0 fully saturated rings. The lowest BCUT2D eigenvalue weighted by molar-refractivity contribution is 0.298. The highest BCUT2D eigenvalue weighted by Crippen LogP contribution is 2.51. The van der Waals surface area contributed by atoms with E-state index in [0.29, 0.717) is 66.9 Å². The number of pyridine rings is 6. The molecule has 9 aromatic rings. The summed E-state index contributed by atoms with van der Waals surface area (Å²) in [4.78, 5) is 62.1. The number of aromatic amines is 3. The Bertz CT molecular complexity index is 3020. The Morgan fingerprint density at radius 1 is 0.441 bits per heavy atom. The Balaban J connectivity index is 1.10. The van der Waals surface area contributed by atoms with Gasteiger partial charge in [-0.15, -0.1) is 0 Å². The molecule has 3 aromatic carbocycles. The van der Waals surface area contributed by atoms with Crippen LogP contribution in [0.2, 0.25) is 0 Å². The number of phosphoric ester groups is 1. The molecule has 290 valence electrons. The van der Waals surface area contributed by atoms with E-state index >= 15 is 0 Å². The third kappa shape index (κ3) is 7.26. The molecule has 0 saturated carbocycles. The summed E-state index contributed by atoms with van der Waals surface area (Å²) in [6, 6.07) is 29.6. The first kappa shape index (κ1) is 37.0. The van der Waals surface area contributed by atoms with Crippen LogP contribution < -0.4 is 29.9 Å². The predicted molar refractivity (Wildman–Crippen MR) is 227 cm³/mol. The number of hydrogen-bond acceptors (Lipinski definition) is 10. The van der Waals surface area contributed by atoms with Crippen LogP contribution in [0.3, 0.4) is 0 Å². The zero-order chi connectivity index (χ0) is 40.8. The monoisotopic (exact) mass is 800 g/mol. The number of aryl methyl sites for hydroxylation is 3. The van der Waals surface area contributed by atoms with E-state index < -0.39 is 7.82 Å². The number of H-pyrrole nitrogens is 3. The quantitative estimate of drug-likeness (QED) is 0.119. The lowest BCUT2D eigenvalue weighted by Crippen LogP contribution is -2.09. The average Bonchev–Trinajstić information content (AvgIpc) is 3.20. The van der Waals surface area contributed by atoms with Crippen molar-refractivity contribution in [3.05, 3.63) is 175 Å². The molecule has 0 radical (unpaired) electrons. The van der Waals surface area contributed by atoms with Crippen molar-refractivity contribution < 1.29 is 18.1 Å². The molecule has 0 atom stereocenters. The van der Waals surface area contributed by atoms with Crippen molar-refractivity contribution in [3.63, 3.8) is 0 Å². The van der Waals surface area contributed by atoms with Crippen LogP contribution in [0.15, 0.2) is 142 Å². The van der Waals surface area contributed by atoms with Gasteiger partial charge in [-0.25, -0.2) is 15.0 Å². The highest BCUT2D eigenvalue weighted by Gasteiger charge is 2.34. The minimum atomic E-state index is -4.64.